The summed E-state index contributed by atoms with van der Waals surface area (Å²) in [4.78, 5) is 10.3. The molecule has 1 nitrogen and oxygen atoms in total. The van der Waals surface area contributed by atoms with Crippen molar-refractivity contribution in [1.82, 2.24) is 0 Å². The standard InChI is InChI=1S/C12H20O/c1-9-7-10(2)12(5-4-6-13)11(3)8-9/h6-7,10-12H,4-5,8H2,1-3H3. The average molecular weight is 180 g/mol. The predicted octanol–water partition coefficient (Wildman–Crippen LogP) is 3.20. The number of carbonyl (C=O) groups is 1. The predicted molar refractivity (Wildman–Crippen MR) is 55.5 cm³/mol. The van der Waals surface area contributed by atoms with Crippen molar-refractivity contribution in [3.05, 3.63) is 11.6 Å². The maximum absolute atomic E-state index is 10.3. The Morgan fingerprint density at radius 2 is 2.23 bits per heavy atom. The Hall–Kier alpha value is -0.590. The van der Waals surface area contributed by atoms with E-state index in [9.17, 15) is 4.79 Å². The second-order valence-corrected chi connectivity index (χ2v) is 4.46. The Labute approximate surface area is 81.2 Å². The molecule has 0 spiro atoms. The van der Waals surface area contributed by atoms with Crippen molar-refractivity contribution in [2.24, 2.45) is 17.8 Å². The van der Waals surface area contributed by atoms with E-state index in [1.165, 1.54) is 12.0 Å². The highest BCUT2D eigenvalue weighted by molar-refractivity contribution is 5.49. The van der Waals surface area contributed by atoms with Crippen LogP contribution in [0, 0.1) is 17.8 Å². The van der Waals surface area contributed by atoms with Crippen molar-refractivity contribution in [2.45, 2.75) is 40.0 Å². The van der Waals surface area contributed by atoms with Crippen LogP contribution in [0.15, 0.2) is 11.6 Å². The summed E-state index contributed by atoms with van der Waals surface area (Å²) >= 11 is 0. The second-order valence-electron chi connectivity index (χ2n) is 4.46. The number of aldehydes is 1. The Bertz CT molecular complexity index is 205. The molecule has 74 valence electrons. The van der Waals surface area contributed by atoms with E-state index in [0.29, 0.717) is 11.8 Å². The fourth-order valence-corrected chi connectivity index (χ4v) is 2.63. The summed E-state index contributed by atoms with van der Waals surface area (Å²) in [6.45, 7) is 6.79. The van der Waals surface area contributed by atoms with Gasteiger partial charge in [-0.05, 0) is 37.5 Å². The van der Waals surface area contributed by atoms with Gasteiger partial charge < -0.3 is 4.79 Å². The van der Waals surface area contributed by atoms with E-state index >= 15 is 0 Å². The van der Waals surface area contributed by atoms with E-state index < -0.39 is 0 Å². The first-order valence-corrected chi connectivity index (χ1v) is 5.26. The molecule has 1 aliphatic rings. The van der Waals surface area contributed by atoms with E-state index in [-0.39, 0.29) is 0 Å². The maximum atomic E-state index is 10.3. The van der Waals surface area contributed by atoms with Gasteiger partial charge in [-0.3, -0.25) is 0 Å². The smallest absolute Gasteiger partial charge is 0.120 e. The fraction of sp³-hybridized carbons (Fsp3) is 0.750. The molecule has 13 heavy (non-hydrogen) atoms. The van der Waals surface area contributed by atoms with Crippen LogP contribution in [-0.4, -0.2) is 6.29 Å². The van der Waals surface area contributed by atoms with Gasteiger partial charge in [-0.25, -0.2) is 0 Å². The van der Waals surface area contributed by atoms with E-state index in [1.807, 2.05) is 0 Å². The van der Waals surface area contributed by atoms with Crippen LogP contribution < -0.4 is 0 Å². The molecule has 1 aliphatic carbocycles. The summed E-state index contributed by atoms with van der Waals surface area (Å²) in [5.41, 5.74) is 1.52. The lowest BCUT2D eigenvalue weighted by Crippen LogP contribution is -2.23. The molecule has 0 saturated heterocycles. The van der Waals surface area contributed by atoms with Crippen LogP contribution in [-0.2, 0) is 4.79 Å². The molecule has 0 bridgehead atoms. The fourth-order valence-electron chi connectivity index (χ4n) is 2.63. The molecule has 1 heteroatoms. The molecular weight excluding hydrogens is 160 g/mol. The van der Waals surface area contributed by atoms with Crippen LogP contribution in [0.2, 0.25) is 0 Å². The lowest BCUT2D eigenvalue weighted by molar-refractivity contribution is -0.108. The van der Waals surface area contributed by atoms with Gasteiger partial charge in [-0.15, -0.1) is 0 Å². The van der Waals surface area contributed by atoms with Gasteiger partial charge in [0, 0.05) is 6.42 Å². The number of rotatable bonds is 3. The lowest BCUT2D eigenvalue weighted by atomic mass is 9.73. The molecule has 0 aliphatic heterocycles. The van der Waals surface area contributed by atoms with Crippen LogP contribution in [0.25, 0.3) is 0 Å². The highest BCUT2D eigenvalue weighted by Gasteiger charge is 2.25. The van der Waals surface area contributed by atoms with Gasteiger partial charge in [0.2, 0.25) is 0 Å². The summed E-state index contributed by atoms with van der Waals surface area (Å²) in [5, 5.41) is 0. The zero-order valence-electron chi connectivity index (χ0n) is 8.92. The number of allylic oxidation sites excluding steroid dienone is 2. The van der Waals surface area contributed by atoms with Crippen LogP contribution in [0.3, 0.4) is 0 Å². The minimum absolute atomic E-state index is 0.656. The SMILES string of the molecule is CC1=CC(C)C(CCC=O)C(C)C1. The first-order chi connectivity index (χ1) is 6.15. The summed E-state index contributed by atoms with van der Waals surface area (Å²) in [7, 11) is 0. The summed E-state index contributed by atoms with van der Waals surface area (Å²) in [5.74, 6) is 2.12. The molecule has 0 aromatic heterocycles. The molecule has 0 aromatic rings. The third kappa shape index (κ3) is 2.68. The summed E-state index contributed by atoms with van der Waals surface area (Å²) in [6.07, 6.45) is 6.43. The first kappa shape index (κ1) is 10.5. The van der Waals surface area contributed by atoms with E-state index in [2.05, 4.69) is 26.8 Å². The minimum atomic E-state index is 0.656. The van der Waals surface area contributed by atoms with Gasteiger partial charge in [-0.2, -0.15) is 0 Å². The van der Waals surface area contributed by atoms with Crippen molar-refractivity contribution >= 4 is 6.29 Å². The van der Waals surface area contributed by atoms with Gasteiger partial charge in [0.25, 0.3) is 0 Å². The normalized spacial score (nSPS) is 34.1. The monoisotopic (exact) mass is 180 g/mol. The molecule has 0 radical (unpaired) electrons. The van der Waals surface area contributed by atoms with Crippen LogP contribution in [0.1, 0.15) is 40.0 Å². The molecule has 0 heterocycles. The topological polar surface area (TPSA) is 17.1 Å². The molecule has 3 unspecified atom stereocenters. The molecular formula is C12H20O. The average Bonchev–Trinajstić information content (AvgIpc) is 2.02. The van der Waals surface area contributed by atoms with Crippen molar-refractivity contribution in [2.75, 3.05) is 0 Å². The summed E-state index contributed by atoms with van der Waals surface area (Å²) in [6, 6.07) is 0. The van der Waals surface area contributed by atoms with E-state index in [4.69, 9.17) is 0 Å². The largest absolute Gasteiger partial charge is 0.303 e. The quantitative estimate of drug-likeness (QED) is 0.481. The Morgan fingerprint density at radius 3 is 2.77 bits per heavy atom. The number of hydrogen-bond donors (Lipinski definition) is 0. The van der Waals surface area contributed by atoms with Gasteiger partial charge in [-0.1, -0.05) is 25.5 Å². The van der Waals surface area contributed by atoms with Crippen molar-refractivity contribution in [3.63, 3.8) is 0 Å². The highest BCUT2D eigenvalue weighted by atomic mass is 16.1. The maximum Gasteiger partial charge on any atom is 0.120 e. The van der Waals surface area contributed by atoms with Crippen molar-refractivity contribution in [1.29, 1.82) is 0 Å². The molecule has 0 N–H and O–H groups in total. The first-order valence-electron chi connectivity index (χ1n) is 5.26. The molecule has 3 atom stereocenters. The Morgan fingerprint density at radius 1 is 1.54 bits per heavy atom. The summed E-state index contributed by atoms with van der Waals surface area (Å²) < 4.78 is 0. The molecule has 0 fully saturated rings. The Balaban J connectivity index is 2.57. The van der Waals surface area contributed by atoms with Gasteiger partial charge in [0.1, 0.15) is 6.29 Å². The molecule has 0 saturated carbocycles. The van der Waals surface area contributed by atoms with Gasteiger partial charge in [0.15, 0.2) is 0 Å². The van der Waals surface area contributed by atoms with Gasteiger partial charge in [0.05, 0.1) is 0 Å². The van der Waals surface area contributed by atoms with Crippen LogP contribution in [0.5, 0.6) is 0 Å². The van der Waals surface area contributed by atoms with Crippen LogP contribution in [0.4, 0.5) is 0 Å². The number of carbonyl (C=O) groups excluding carboxylic acids is 1. The highest BCUT2D eigenvalue weighted by Crippen LogP contribution is 2.35. The van der Waals surface area contributed by atoms with Gasteiger partial charge >= 0.3 is 0 Å². The van der Waals surface area contributed by atoms with Crippen LogP contribution >= 0.6 is 0 Å². The Kier molecular flexibility index (Phi) is 3.71. The van der Waals surface area contributed by atoms with E-state index in [1.54, 1.807) is 0 Å². The molecule has 0 aromatic carbocycles. The zero-order valence-corrected chi connectivity index (χ0v) is 8.92. The lowest BCUT2D eigenvalue weighted by Gasteiger charge is -2.32. The van der Waals surface area contributed by atoms with E-state index in [0.717, 1.165) is 25.0 Å². The molecule has 0 amide bonds. The van der Waals surface area contributed by atoms with Crippen molar-refractivity contribution < 1.29 is 4.79 Å². The number of hydrogen-bond acceptors (Lipinski definition) is 1. The van der Waals surface area contributed by atoms with Crippen molar-refractivity contribution in [3.8, 4) is 0 Å². The third-order valence-electron chi connectivity index (χ3n) is 3.22. The molecule has 1 rings (SSSR count). The zero-order chi connectivity index (χ0) is 9.84. The third-order valence-corrected chi connectivity index (χ3v) is 3.22. The second kappa shape index (κ2) is 4.59. The minimum Gasteiger partial charge on any atom is -0.303 e.